The highest BCUT2D eigenvalue weighted by Crippen LogP contribution is 2.31. The highest BCUT2D eigenvalue weighted by Gasteiger charge is 2.22. The van der Waals surface area contributed by atoms with E-state index in [1.54, 1.807) is 0 Å². The number of nitrogens with zero attached hydrogens (tertiary/aromatic N) is 2. The number of para-hydroxylation sites is 1. The van der Waals surface area contributed by atoms with Crippen LogP contribution >= 0.6 is 23.1 Å². The third kappa shape index (κ3) is 3.87. The maximum atomic E-state index is 13.2. The first-order chi connectivity index (χ1) is 13.1. The Hall–Kier alpha value is -1.92. The van der Waals surface area contributed by atoms with Crippen molar-refractivity contribution in [2.75, 3.05) is 5.75 Å². The van der Waals surface area contributed by atoms with Gasteiger partial charge in [0, 0.05) is 10.9 Å². The number of aryl methyl sites for hydroxylation is 1. The molecule has 0 saturated heterocycles. The number of hydrogen-bond acceptors (Lipinski definition) is 5. The Bertz CT molecular complexity index is 1030. The summed E-state index contributed by atoms with van der Waals surface area (Å²) in [4.78, 5) is 32.4. The van der Waals surface area contributed by atoms with Crippen molar-refractivity contribution >= 4 is 39.8 Å². The number of benzene rings is 1. The lowest BCUT2D eigenvalue weighted by Gasteiger charge is -2.26. The van der Waals surface area contributed by atoms with Gasteiger partial charge in [-0.25, -0.2) is 4.98 Å². The quantitative estimate of drug-likeness (QED) is 0.335. The number of rotatable bonds is 5. The molecule has 2 aromatic heterocycles. The molecule has 4 rings (SSSR count). The number of fused-ring (bicyclic) bond motifs is 1. The van der Waals surface area contributed by atoms with Gasteiger partial charge in [0.1, 0.15) is 0 Å². The number of hydrogen-bond donors (Lipinski definition) is 0. The molecule has 0 amide bonds. The van der Waals surface area contributed by atoms with Crippen LogP contribution in [0.2, 0.25) is 0 Å². The second kappa shape index (κ2) is 7.98. The first-order valence-corrected chi connectivity index (χ1v) is 11.2. The van der Waals surface area contributed by atoms with E-state index in [2.05, 4.69) is 0 Å². The van der Waals surface area contributed by atoms with Crippen LogP contribution in [0.25, 0.3) is 10.9 Å². The van der Waals surface area contributed by atoms with E-state index in [0.29, 0.717) is 21.8 Å². The third-order valence-corrected chi connectivity index (χ3v) is 7.06. The molecule has 4 nitrogen and oxygen atoms in total. The lowest BCUT2D eigenvalue weighted by Crippen LogP contribution is -2.29. The Labute approximate surface area is 166 Å². The summed E-state index contributed by atoms with van der Waals surface area (Å²) in [5.74, 6) is 0.396. The molecule has 3 aromatic rings. The second-order valence-corrected chi connectivity index (χ2v) is 9.23. The van der Waals surface area contributed by atoms with E-state index in [1.807, 2.05) is 47.9 Å². The Morgan fingerprint density at radius 1 is 1.19 bits per heavy atom. The SMILES string of the molecule is Cc1ccc(C(=O)CSc2nc3ccccc3c(=O)n2C2CCCCC2)s1. The number of aromatic nitrogens is 2. The molecule has 6 heteroatoms. The van der Waals surface area contributed by atoms with Crippen LogP contribution in [0, 0.1) is 6.92 Å². The zero-order valence-corrected chi connectivity index (χ0v) is 16.9. The number of carbonyl (C=O) groups excluding carboxylic acids is 1. The molecule has 0 unspecified atom stereocenters. The summed E-state index contributed by atoms with van der Waals surface area (Å²) in [6.45, 7) is 2.00. The summed E-state index contributed by atoms with van der Waals surface area (Å²) < 4.78 is 1.86. The standard InChI is InChI=1S/C21H22N2O2S2/c1-14-11-12-19(27-14)18(24)13-26-21-22-17-10-6-5-9-16(17)20(25)23(21)15-7-3-2-4-8-15/h5-6,9-12,15H,2-4,7-8,13H2,1H3. The van der Waals surface area contributed by atoms with E-state index < -0.39 is 0 Å². The molecular weight excluding hydrogens is 376 g/mol. The van der Waals surface area contributed by atoms with Crippen LogP contribution in [0.3, 0.4) is 0 Å². The molecule has 0 spiro atoms. The summed E-state index contributed by atoms with van der Waals surface area (Å²) >= 11 is 2.91. The molecule has 0 N–H and O–H groups in total. The zero-order chi connectivity index (χ0) is 18.8. The van der Waals surface area contributed by atoms with Crippen LogP contribution in [0.5, 0.6) is 0 Å². The third-order valence-electron chi connectivity index (χ3n) is 5.06. The zero-order valence-electron chi connectivity index (χ0n) is 15.3. The first-order valence-electron chi connectivity index (χ1n) is 9.37. The largest absolute Gasteiger partial charge is 0.292 e. The van der Waals surface area contributed by atoms with Gasteiger partial charge in [0.2, 0.25) is 0 Å². The van der Waals surface area contributed by atoms with Crippen molar-refractivity contribution in [1.29, 1.82) is 0 Å². The summed E-state index contributed by atoms with van der Waals surface area (Å²) in [6, 6.07) is 11.5. The molecular formula is C21H22N2O2S2. The van der Waals surface area contributed by atoms with Crippen LogP contribution in [-0.2, 0) is 0 Å². The highest BCUT2D eigenvalue weighted by atomic mass is 32.2. The van der Waals surface area contributed by atoms with Crippen LogP contribution in [-0.4, -0.2) is 21.1 Å². The van der Waals surface area contributed by atoms with Crippen molar-refractivity contribution in [2.45, 2.75) is 50.2 Å². The Kier molecular flexibility index (Phi) is 5.45. The van der Waals surface area contributed by atoms with E-state index >= 15 is 0 Å². The van der Waals surface area contributed by atoms with Gasteiger partial charge in [-0.15, -0.1) is 11.3 Å². The molecule has 27 heavy (non-hydrogen) atoms. The Balaban J connectivity index is 1.69. The molecule has 0 aliphatic heterocycles. The molecule has 2 heterocycles. The van der Waals surface area contributed by atoms with E-state index in [-0.39, 0.29) is 17.4 Å². The molecule has 0 radical (unpaired) electrons. The average Bonchev–Trinajstić information content (AvgIpc) is 3.13. The van der Waals surface area contributed by atoms with Crippen molar-refractivity contribution < 1.29 is 4.79 Å². The maximum Gasteiger partial charge on any atom is 0.262 e. The predicted molar refractivity (Wildman–Crippen MR) is 112 cm³/mol. The molecule has 0 atom stereocenters. The lowest BCUT2D eigenvalue weighted by atomic mass is 9.95. The minimum Gasteiger partial charge on any atom is -0.292 e. The minimum absolute atomic E-state index is 0.0226. The predicted octanol–water partition coefficient (Wildman–Crippen LogP) is 5.25. The van der Waals surface area contributed by atoms with E-state index in [9.17, 15) is 9.59 Å². The fraction of sp³-hybridized carbons (Fsp3) is 0.381. The lowest BCUT2D eigenvalue weighted by molar-refractivity contribution is 0.102. The topological polar surface area (TPSA) is 52.0 Å². The van der Waals surface area contributed by atoms with Crippen molar-refractivity contribution in [3.8, 4) is 0 Å². The van der Waals surface area contributed by atoms with Gasteiger partial charge in [0.05, 0.1) is 21.5 Å². The Morgan fingerprint density at radius 3 is 2.70 bits per heavy atom. The minimum atomic E-state index is 0.0226. The van der Waals surface area contributed by atoms with E-state index in [4.69, 9.17) is 4.98 Å². The van der Waals surface area contributed by atoms with Crippen LogP contribution in [0.15, 0.2) is 46.3 Å². The van der Waals surface area contributed by atoms with E-state index in [0.717, 1.165) is 35.4 Å². The molecule has 1 aromatic carbocycles. The van der Waals surface area contributed by atoms with Gasteiger partial charge in [-0.2, -0.15) is 0 Å². The first kappa shape index (κ1) is 18.4. The fourth-order valence-electron chi connectivity index (χ4n) is 3.67. The summed E-state index contributed by atoms with van der Waals surface area (Å²) in [5.41, 5.74) is 0.728. The number of thiophene rings is 1. The number of Topliss-reactive ketones (excluding diaryl/α,β-unsaturated/α-hetero) is 1. The second-order valence-electron chi connectivity index (χ2n) is 7.00. The molecule has 1 saturated carbocycles. The smallest absolute Gasteiger partial charge is 0.262 e. The molecule has 1 aliphatic carbocycles. The molecule has 0 bridgehead atoms. The van der Waals surface area contributed by atoms with Gasteiger partial charge in [-0.05, 0) is 44.0 Å². The van der Waals surface area contributed by atoms with Crippen molar-refractivity contribution in [2.24, 2.45) is 0 Å². The van der Waals surface area contributed by atoms with Gasteiger partial charge < -0.3 is 0 Å². The number of thioether (sulfide) groups is 1. The Morgan fingerprint density at radius 2 is 1.96 bits per heavy atom. The summed E-state index contributed by atoms with van der Waals surface area (Å²) in [7, 11) is 0. The normalized spacial score (nSPS) is 15.3. The van der Waals surface area contributed by atoms with Gasteiger partial charge >= 0.3 is 0 Å². The van der Waals surface area contributed by atoms with E-state index in [1.165, 1.54) is 29.5 Å². The molecule has 1 fully saturated rings. The monoisotopic (exact) mass is 398 g/mol. The van der Waals surface area contributed by atoms with Crippen molar-refractivity contribution in [1.82, 2.24) is 9.55 Å². The van der Waals surface area contributed by atoms with Gasteiger partial charge in [0.25, 0.3) is 5.56 Å². The van der Waals surface area contributed by atoms with Gasteiger partial charge in [0.15, 0.2) is 10.9 Å². The van der Waals surface area contributed by atoms with Crippen molar-refractivity contribution in [3.05, 3.63) is 56.5 Å². The highest BCUT2D eigenvalue weighted by molar-refractivity contribution is 7.99. The van der Waals surface area contributed by atoms with Crippen LogP contribution < -0.4 is 5.56 Å². The van der Waals surface area contributed by atoms with Crippen LogP contribution in [0.4, 0.5) is 0 Å². The maximum absolute atomic E-state index is 13.2. The fourth-order valence-corrected chi connectivity index (χ4v) is 5.52. The van der Waals surface area contributed by atoms with Gasteiger partial charge in [-0.1, -0.05) is 43.2 Å². The van der Waals surface area contributed by atoms with Gasteiger partial charge in [-0.3, -0.25) is 14.2 Å². The summed E-state index contributed by atoms with van der Waals surface area (Å²) in [5, 5.41) is 1.33. The molecule has 140 valence electrons. The molecule has 1 aliphatic rings. The average molecular weight is 399 g/mol. The van der Waals surface area contributed by atoms with Crippen molar-refractivity contribution in [3.63, 3.8) is 0 Å². The van der Waals surface area contributed by atoms with Crippen LogP contribution in [0.1, 0.15) is 52.7 Å². The number of carbonyl (C=O) groups is 1. The number of ketones is 1. The summed E-state index contributed by atoms with van der Waals surface area (Å²) in [6.07, 6.45) is 5.52.